The third kappa shape index (κ3) is 3.78. The predicted molar refractivity (Wildman–Crippen MR) is 111 cm³/mol. The van der Waals surface area contributed by atoms with E-state index in [1.807, 2.05) is 18.2 Å². The molecule has 3 N–H and O–H groups in total. The lowest BCUT2D eigenvalue weighted by atomic mass is 9.75. The van der Waals surface area contributed by atoms with Crippen molar-refractivity contribution in [3.63, 3.8) is 0 Å². The molecular formula is C22H31N5O. The van der Waals surface area contributed by atoms with Crippen LogP contribution >= 0.6 is 0 Å². The highest BCUT2D eigenvalue weighted by atomic mass is 16.2. The summed E-state index contributed by atoms with van der Waals surface area (Å²) in [6.07, 6.45) is 8.23. The van der Waals surface area contributed by atoms with E-state index < -0.39 is 0 Å². The molecule has 150 valence electrons. The number of fused-ring (bicyclic) bond motifs is 2. The van der Waals surface area contributed by atoms with Gasteiger partial charge in [-0.3, -0.25) is 10.1 Å². The van der Waals surface area contributed by atoms with E-state index in [-0.39, 0.29) is 17.5 Å². The van der Waals surface area contributed by atoms with Gasteiger partial charge in [-0.1, -0.05) is 37.5 Å². The summed E-state index contributed by atoms with van der Waals surface area (Å²) in [7, 11) is 0. The van der Waals surface area contributed by atoms with Crippen LogP contribution in [0, 0.1) is 0 Å². The SMILES string of the molecule is CCN(CCNC(=O)[C@@H]1Cc2[nH]cnc2C2(CCCCC2)N1)c1ccccc1. The molecule has 1 atom stereocenters. The van der Waals surface area contributed by atoms with Gasteiger partial charge in [0, 0.05) is 37.4 Å². The number of hydrogen-bond donors (Lipinski definition) is 3. The standard InChI is InChI=1S/C22H31N5O/c1-2-27(17-9-5-3-6-10-17)14-13-23-21(28)19-15-18-20(25-16-24-18)22(26-19)11-7-4-8-12-22/h3,5-6,9-10,16,19,26H,2,4,7-8,11-15H2,1H3,(H,23,28)(H,24,25)/t19-/m0/s1. The van der Waals surface area contributed by atoms with Crippen LogP contribution in [0.5, 0.6) is 0 Å². The minimum atomic E-state index is -0.196. The number of aromatic nitrogens is 2. The second-order valence-corrected chi connectivity index (χ2v) is 7.98. The molecule has 1 saturated carbocycles. The van der Waals surface area contributed by atoms with Crippen LogP contribution in [0.3, 0.4) is 0 Å². The molecule has 1 aromatic heterocycles. The van der Waals surface area contributed by atoms with Crippen molar-refractivity contribution in [1.82, 2.24) is 20.6 Å². The Balaban J connectivity index is 1.37. The number of amides is 1. The Morgan fingerprint density at radius 1 is 1.25 bits per heavy atom. The molecule has 1 aromatic carbocycles. The van der Waals surface area contributed by atoms with Crippen molar-refractivity contribution in [3.8, 4) is 0 Å². The highest BCUT2D eigenvalue weighted by molar-refractivity contribution is 5.82. The van der Waals surface area contributed by atoms with Gasteiger partial charge in [0.1, 0.15) is 0 Å². The Morgan fingerprint density at radius 3 is 2.79 bits per heavy atom. The monoisotopic (exact) mass is 381 g/mol. The minimum Gasteiger partial charge on any atom is -0.370 e. The van der Waals surface area contributed by atoms with Crippen molar-refractivity contribution < 1.29 is 4.79 Å². The lowest BCUT2D eigenvalue weighted by Gasteiger charge is -2.43. The van der Waals surface area contributed by atoms with Gasteiger partial charge in [0.25, 0.3) is 0 Å². The molecule has 2 aliphatic rings. The summed E-state index contributed by atoms with van der Waals surface area (Å²) in [5.74, 6) is 0.0920. The number of benzene rings is 1. The van der Waals surface area contributed by atoms with Crippen LogP contribution in [0.25, 0.3) is 0 Å². The van der Waals surface area contributed by atoms with Gasteiger partial charge in [-0.25, -0.2) is 4.98 Å². The first kappa shape index (κ1) is 19.0. The summed E-state index contributed by atoms with van der Waals surface area (Å²) in [5.41, 5.74) is 3.32. The topological polar surface area (TPSA) is 73.0 Å². The number of aromatic amines is 1. The molecule has 4 rings (SSSR count). The first-order chi connectivity index (χ1) is 13.7. The van der Waals surface area contributed by atoms with Gasteiger partial charge in [-0.2, -0.15) is 0 Å². The van der Waals surface area contributed by atoms with Crippen LogP contribution in [0.4, 0.5) is 5.69 Å². The van der Waals surface area contributed by atoms with Crippen LogP contribution in [0.2, 0.25) is 0 Å². The quantitative estimate of drug-likeness (QED) is 0.719. The number of likely N-dealkylation sites (N-methyl/N-ethyl adjacent to an activating group) is 1. The molecular weight excluding hydrogens is 350 g/mol. The molecule has 0 bridgehead atoms. The highest BCUT2D eigenvalue weighted by Crippen LogP contribution is 2.40. The van der Waals surface area contributed by atoms with E-state index in [2.05, 4.69) is 44.6 Å². The zero-order chi connectivity index (χ0) is 19.4. The molecule has 1 aliphatic heterocycles. The van der Waals surface area contributed by atoms with Crippen molar-refractivity contribution in [2.24, 2.45) is 0 Å². The molecule has 2 heterocycles. The first-order valence-electron chi connectivity index (χ1n) is 10.6. The van der Waals surface area contributed by atoms with Crippen LogP contribution < -0.4 is 15.5 Å². The molecule has 1 fully saturated rings. The van der Waals surface area contributed by atoms with E-state index in [1.165, 1.54) is 24.9 Å². The molecule has 6 nitrogen and oxygen atoms in total. The maximum absolute atomic E-state index is 12.9. The molecule has 0 unspecified atom stereocenters. The van der Waals surface area contributed by atoms with Gasteiger partial charge >= 0.3 is 0 Å². The summed E-state index contributed by atoms with van der Waals surface area (Å²) in [6.45, 7) is 4.51. The molecule has 0 radical (unpaired) electrons. The van der Waals surface area contributed by atoms with Gasteiger partial charge < -0.3 is 15.2 Å². The van der Waals surface area contributed by atoms with Gasteiger partial charge in [-0.05, 0) is 31.9 Å². The van der Waals surface area contributed by atoms with E-state index in [0.29, 0.717) is 13.0 Å². The van der Waals surface area contributed by atoms with Crippen molar-refractivity contribution >= 4 is 11.6 Å². The van der Waals surface area contributed by atoms with E-state index in [0.717, 1.165) is 37.3 Å². The molecule has 28 heavy (non-hydrogen) atoms. The fourth-order valence-electron chi connectivity index (χ4n) is 4.79. The minimum absolute atomic E-state index is 0.0920. The van der Waals surface area contributed by atoms with Crippen molar-refractivity contribution in [1.29, 1.82) is 0 Å². The largest absolute Gasteiger partial charge is 0.370 e. The molecule has 6 heteroatoms. The Kier molecular flexibility index (Phi) is 5.67. The fraction of sp³-hybridized carbons (Fsp3) is 0.545. The third-order valence-corrected chi connectivity index (χ3v) is 6.24. The van der Waals surface area contributed by atoms with Gasteiger partial charge in [0.15, 0.2) is 0 Å². The van der Waals surface area contributed by atoms with E-state index in [4.69, 9.17) is 0 Å². The van der Waals surface area contributed by atoms with Crippen molar-refractivity contribution in [2.75, 3.05) is 24.5 Å². The number of hydrogen-bond acceptors (Lipinski definition) is 4. The van der Waals surface area contributed by atoms with Gasteiger partial charge in [0.05, 0.1) is 23.6 Å². The number of imidazole rings is 1. The van der Waals surface area contributed by atoms with Crippen LogP contribution in [0.15, 0.2) is 36.7 Å². The number of nitrogens with zero attached hydrogens (tertiary/aromatic N) is 2. The number of carbonyl (C=O) groups is 1. The average Bonchev–Trinajstić information content (AvgIpc) is 3.22. The lowest BCUT2D eigenvalue weighted by molar-refractivity contribution is -0.124. The highest BCUT2D eigenvalue weighted by Gasteiger charge is 2.44. The zero-order valence-electron chi connectivity index (χ0n) is 16.7. The van der Waals surface area contributed by atoms with Crippen LogP contribution in [0.1, 0.15) is 50.4 Å². The maximum atomic E-state index is 12.9. The Morgan fingerprint density at radius 2 is 2.04 bits per heavy atom. The van der Waals surface area contributed by atoms with Gasteiger partial charge in [0.2, 0.25) is 5.91 Å². The van der Waals surface area contributed by atoms with Crippen molar-refractivity contribution in [3.05, 3.63) is 48.0 Å². The first-order valence-corrected chi connectivity index (χ1v) is 10.6. The average molecular weight is 382 g/mol. The normalized spacial score (nSPS) is 20.5. The maximum Gasteiger partial charge on any atom is 0.237 e. The smallest absolute Gasteiger partial charge is 0.237 e. The van der Waals surface area contributed by atoms with E-state index in [9.17, 15) is 4.79 Å². The second-order valence-electron chi connectivity index (χ2n) is 7.98. The number of para-hydroxylation sites is 1. The Hall–Kier alpha value is -2.34. The Labute approximate surface area is 167 Å². The summed E-state index contributed by atoms with van der Waals surface area (Å²) in [5, 5.41) is 6.84. The molecule has 1 amide bonds. The second kappa shape index (κ2) is 8.35. The molecule has 2 aromatic rings. The van der Waals surface area contributed by atoms with Crippen LogP contribution in [-0.4, -0.2) is 41.6 Å². The molecule has 0 saturated heterocycles. The lowest BCUT2D eigenvalue weighted by Crippen LogP contribution is -2.59. The number of nitrogens with one attached hydrogen (secondary N) is 3. The van der Waals surface area contributed by atoms with E-state index in [1.54, 1.807) is 6.33 Å². The number of carbonyl (C=O) groups excluding carboxylic acids is 1. The third-order valence-electron chi connectivity index (χ3n) is 6.24. The van der Waals surface area contributed by atoms with Crippen molar-refractivity contribution in [2.45, 2.75) is 57.0 Å². The molecule has 1 spiro atoms. The van der Waals surface area contributed by atoms with Crippen LogP contribution in [-0.2, 0) is 16.8 Å². The van der Waals surface area contributed by atoms with Gasteiger partial charge in [-0.15, -0.1) is 0 Å². The number of H-pyrrole nitrogens is 1. The predicted octanol–water partition coefficient (Wildman–Crippen LogP) is 2.73. The summed E-state index contributed by atoms with van der Waals surface area (Å²) >= 11 is 0. The Bertz CT molecular complexity index is 781. The summed E-state index contributed by atoms with van der Waals surface area (Å²) < 4.78 is 0. The fourth-order valence-corrected chi connectivity index (χ4v) is 4.79. The summed E-state index contributed by atoms with van der Waals surface area (Å²) in [4.78, 5) is 23.1. The van der Waals surface area contributed by atoms with E-state index >= 15 is 0 Å². The zero-order valence-corrected chi connectivity index (χ0v) is 16.7. The summed E-state index contributed by atoms with van der Waals surface area (Å²) in [6, 6.07) is 10.2. The molecule has 1 aliphatic carbocycles. The number of anilines is 1. The number of rotatable bonds is 6.